The SMILES string of the molecule is CC1(C)C(=O)N(c2ccc(C#N)c(C(F)(F)F)c2F)C(=S)N1c1ccc2c(c1)OC[C@@H](CO)O2. The lowest BCUT2D eigenvalue weighted by atomic mass is 10.0. The lowest BCUT2D eigenvalue weighted by Crippen LogP contribution is -2.44. The average molecular weight is 495 g/mol. The van der Waals surface area contributed by atoms with Gasteiger partial charge in [0.25, 0.3) is 5.91 Å². The highest BCUT2D eigenvalue weighted by molar-refractivity contribution is 7.81. The van der Waals surface area contributed by atoms with Crippen LogP contribution < -0.4 is 19.3 Å². The van der Waals surface area contributed by atoms with E-state index in [1.165, 1.54) is 30.9 Å². The van der Waals surface area contributed by atoms with E-state index in [0.717, 1.165) is 12.1 Å². The molecule has 0 bridgehead atoms. The molecule has 2 aromatic carbocycles. The van der Waals surface area contributed by atoms with Crippen LogP contribution in [0.15, 0.2) is 30.3 Å². The summed E-state index contributed by atoms with van der Waals surface area (Å²) in [5.74, 6) is -1.86. The Bertz CT molecular complexity index is 1240. The third kappa shape index (κ3) is 3.61. The molecular weight excluding hydrogens is 478 g/mol. The van der Waals surface area contributed by atoms with Crippen LogP contribution in [-0.2, 0) is 11.0 Å². The minimum absolute atomic E-state index is 0.0858. The maximum Gasteiger partial charge on any atom is 0.420 e. The molecule has 0 unspecified atom stereocenters. The van der Waals surface area contributed by atoms with E-state index in [-0.39, 0.29) is 18.3 Å². The van der Waals surface area contributed by atoms with Gasteiger partial charge in [-0.25, -0.2) is 4.39 Å². The van der Waals surface area contributed by atoms with Crippen molar-refractivity contribution in [3.63, 3.8) is 0 Å². The van der Waals surface area contributed by atoms with Gasteiger partial charge in [0.1, 0.15) is 17.7 Å². The standard InChI is InChI=1S/C22H17F4N3O4S/c1-21(2)19(31)28(14-5-3-11(8-27)17(18(14)23)22(24,25)26)20(34)29(21)12-4-6-15-16(7-12)32-10-13(9-30)33-15/h3-7,13,30H,9-10H2,1-2H3/t13-/m1/s1. The van der Waals surface area contributed by atoms with Crippen molar-refractivity contribution in [1.82, 2.24) is 0 Å². The average Bonchev–Trinajstić information content (AvgIpc) is 2.95. The molecule has 0 radical (unpaired) electrons. The van der Waals surface area contributed by atoms with E-state index in [9.17, 15) is 23.1 Å². The van der Waals surface area contributed by atoms with Gasteiger partial charge in [0.15, 0.2) is 28.5 Å². The molecule has 1 saturated heterocycles. The molecule has 0 saturated carbocycles. The summed E-state index contributed by atoms with van der Waals surface area (Å²) in [4.78, 5) is 15.3. The largest absolute Gasteiger partial charge is 0.486 e. The van der Waals surface area contributed by atoms with Gasteiger partial charge in [-0.2, -0.15) is 18.4 Å². The number of anilines is 2. The third-order valence-corrected chi connectivity index (χ3v) is 5.91. The number of hydrogen-bond acceptors (Lipinski definition) is 6. The van der Waals surface area contributed by atoms with Crippen LogP contribution in [0.1, 0.15) is 25.0 Å². The number of fused-ring (bicyclic) bond motifs is 1. The van der Waals surface area contributed by atoms with Gasteiger partial charge in [0, 0.05) is 11.8 Å². The molecule has 1 N–H and O–H groups in total. The highest BCUT2D eigenvalue weighted by Gasteiger charge is 2.52. The van der Waals surface area contributed by atoms with E-state index >= 15 is 4.39 Å². The Morgan fingerprint density at radius 1 is 1.26 bits per heavy atom. The van der Waals surface area contributed by atoms with E-state index in [0.29, 0.717) is 22.1 Å². The summed E-state index contributed by atoms with van der Waals surface area (Å²) < 4.78 is 66.7. The number of rotatable bonds is 3. The fraction of sp³-hybridized carbons (Fsp3) is 0.318. The molecular formula is C22H17F4N3O4S. The van der Waals surface area contributed by atoms with Crippen LogP contribution in [0.3, 0.4) is 0 Å². The van der Waals surface area contributed by atoms with Crippen molar-refractivity contribution in [2.75, 3.05) is 23.0 Å². The Balaban J connectivity index is 1.78. The number of aliphatic hydroxyl groups excluding tert-OH is 1. The van der Waals surface area contributed by atoms with Crippen LogP contribution in [0, 0.1) is 17.1 Å². The Morgan fingerprint density at radius 2 is 1.97 bits per heavy atom. The van der Waals surface area contributed by atoms with Crippen molar-refractivity contribution in [3.05, 3.63) is 47.3 Å². The van der Waals surface area contributed by atoms with Gasteiger partial charge in [-0.05, 0) is 50.3 Å². The maximum absolute atomic E-state index is 15.1. The van der Waals surface area contributed by atoms with E-state index in [2.05, 4.69) is 0 Å². The minimum Gasteiger partial charge on any atom is -0.486 e. The van der Waals surface area contributed by atoms with E-state index in [1.54, 1.807) is 12.1 Å². The van der Waals surface area contributed by atoms with Crippen LogP contribution >= 0.6 is 12.2 Å². The lowest BCUT2D eigenvalue weighted by molar-refractivity contribution is -0.140. The molecule has 2 aliphatic rings. The monoisotopic (exact) mass is 495 g/mol. The second-order valence-corrected chi connectivity index (χ2v) is 8.48. The number of amides is 1. The fourth-order valence-corrected chi connectivity index (χ4v) is 4.40. The lowest BCUT2D eigenvalue weighted by Gasteiger charge is -2.31. The van der Waals surface area contributed by atoms with E-state index in [4.69, 9.17) is 27.0 Å². The minimum atomic E-state index is -5.16. The first-order valence-electron chi connectivity index (χ1n) is 9.94. The number of nitrogens with zero attached hydrogens (tertiary/aromatic N) is 3. The summed E-state index contributed by atoms with van der Waals surface area (Å²) in [5.41, 5.74) is -4.42. The number of ether oxygens (including phenoxy) is 2. The molecule has 12 heteroatoms. The van der Waals surface area contributed by atoms with Crippen molar-refractivity contribution in [2.24, 2.45) is 0 Å². The van der Waals surface area contributed by atoms with Crippen LogP contribution in [0.2, 0.25) is 0 Å². The number of aliphatic hydroxyl groups is 1. The zero-order valence-corrected chi connectivity index (χ0v) is 18.6. The molecule has 4 rings (SSSR count). The van der Waals surface area contributed by atoms with Crippen molar-refractivity contribution in [3.8, 4) is 17.6 Å². The van der Waals surface area contributed by atoms with E-state index in [1.807, 2.05) is 0 Å². The van der Waals surface area contributed by atoms with Gasteiger partial charge in [0.05, 0.1) is 23.9 Å². The molecule has 178 valence electrons. The van der Waals surface area contributed by atoms with Gasteiger partial charge in [-0.1, -0.05) is 0 Å². The van der Waals surface area contributed by atoms with E-state index < -0.39 is 46.4 Å². The highest BCUT2D eigenvalue weighted by Crippen LogP contribution is 2.43. The highest BCUT2D eigenvalue weighted by atomic mass is 32.1. The van der Waals surface area contributed by atoms with Gasteiger partial charge >= 0.3 is 6.18 Å². The second-order valence-electron chi connectivity index (χ2n) is 8.11. The van der Waals surface area contributed by atoms with Crippen LogP contribution in [-0.4, -0.2) is 41.0 Å². The molecule has 0 aromatic heterocycles. The Kier molecular flexibility index (Phi) is 5.65. The maximum atomic E-state index is 15.1. The zero-order valence-electron chi connectivity index (χ0n) is 17.8. The summed E-state index contributed by atoms with van der Waals surface area (Å²) in [7, 11) is 0. The first-order chi connectivity index (χ1) is 15.9. The van der Waals surface area contributed by atoms with Gasteiger partial charge in [0.2, 0.25) is 0 Å². The number of carbonyl (C=O) groups excluding carboxylic acids is 1. The smallest absolute Gasteiger partial charge is 0.420 e. The molecule has 34 heavy (non-hydrogen) atoms. The Labute approximate surface area is 196 Å². The number of benzene rings is 2. The normalized spacial score (nSPS) is 19.4. The topological polar surface area (TPSA) is 86.0 Å². The molecule has 1 fully saturated rings. The molecule has 7 nitrogen and oxygen atoms in total. The number of nitriles is 1. The first kappa shape index (κ1) is 23.7. The number of halogens is 4. The molecule has 1 atom stereocenters. The zero-order chi connectivity index (χ0) is 25.0. The second kappa shape index (κ2) is 8.11. The molecule has 2 aliphatic heterocycles. The van der Waals surface area contributed by atoms with Crippen LogP contribution in [0.5, 0.6) is 11.5 Å². The van der Waals surface area contributed by atoms with Crippen molar-refractivity contribution in [1.29, 1.82) is 5.26 Å². The summed E-state index contributed by atoms with van der Waals surface area (Å²) >= 11 is 5.41. The summed E-state index contributed by atoms with van der Waals surface area (Å²) in [6, 6.07) is 7.68. The number of hydrogen-bond donors (Lipinski definition) is 1. The predicted octanol–water partition coefficient (Wildman–Crippen LogP) is 3.76. The summed E-state index contributed by atoms with van der Waals surface area (Å²) in [5, 5.41) is 18.0. The van der Waals surface area contributed by atoms with Crippen molar-refractivity contribution in [2.45, 2.75) is 31.7 Å². The molecule has 2 aromatic rings. The summed E-state index contributed by atoms with van der Waals surface area (Å²) in [6.07, 6.45) is -5.70. The molecule has 0 aliphatic carbocycles. The van der Waals surface area contributed by atoms with Gasteiger partial charge in [-0.15, -0.1) is 0 Å². The number of carbonyl (C=O) groups is 1. The molecule has 2 heterocycles. The fourth-order valence-electron chi connectivity index (χ4n) is 3.88. The van der Waals surface area contributed by atoms with Gasteiger partial charge in [-0.3, -0.25) is 9.69 Å². The Morgan fingerprint density at radius 3 is 2.59 bits per heavy atom. The van der Waals surface area contributed by atoms with Crippen LogP contribution in [0.4, 0.5) is 28.9 Å². The van der Waals surface area contributed by atoms with Crippen LogP contribution in [0.25, 0.3) is 0 Å². The molecule has 1 amide bonds. The number of thiocarbonyl (C=S) groups is 1. The Hall–Kier alpha value is -3.43. The quantitative estimate of drug-likeness (QED) is 0.513. The third-order valence-electron chi connectivity index (χ3n) is 5.54. The summed E-state index contributed by atoms with van der Waals surface area (Å²) in [6.45, 7) is 2.82. The van der Waals surface area contributed by atoms with Crippen molar-refractivity contribution >= 4 is 34.6 Å². The molecule has 0 spiro atoms. The van der Waals surface area contributed by atoms with Crippen molar-refractivity contribution < 1.29 is 36.9 Å². The number of alkyl halides is 3. The van der Waals surface area contributed by atoms with Gasteiger partial charge < -0.3 is 19.5 Å². The first-order valence-corrected chi connectivity index (χ1v) is 10.4. The predicted molar refractivity (Wildman–Crippen MR) is 116 cm³/mol.